The molecule has 2 aromatic rings. The molecule has 1 amide bonds. The normalized spacial score (nSPS) is 16.6. The number of carbonyl (C=O) groups excluding carboxylic acids is 1. The molecule has 0 unspecified atom stereocenters. The number of alkyl halides is 6. The van der Waals surface area contributed by atoms with Crippen LogP contribution in [0.4, 0.5) is 32.0 Å². The molecule has 1 saturated heterocycles. The number of nitrogens with zero attached hydrogens (tertiary/aromatic N) is 1. The maximum absolute atomic E-state index is 13.0. The van der Waals surface area contributed by atoms with Gasteiger partial charge in [-0.05, 0) is 50.1 Å². The Morgan fingerprint density at radius 1 is 0.909 bits per heavy atom. The lowest BCUT2D eigenvalue weighted by molar-refractivity contribution is -0.143. The number of hydrogen-bond acceptors (Lipinski definition) is 3. The molecule has 3 rings (SSSR count). The van der Waals surface area contributed by atoms with E-state index in [0.717, 1.165) is 5.56 Å². The van der Waals surface area contributed by atoms with Crippen LogP contribution >= 0.6 is 0 Å². The molecule has 0 saturated carbocycles. The van der Waals surface area contributed by atoms with Crippen molar-refractivity contribution in [2.75, 3.05) is 18.4 Å². The molecule has 0 radical (unpaired) electrons. The summed E-state index contributed by atoms with van der Waals surface area (Å²) in [6, 6.07) is 7.08. The van der Waals surface area contributed by atoms with Gasteiger partial charge in [-0.2, -0.15) is 30.6 Å². The SMILES string of the molecule is Cc1ccc(S(=O)(=O)N2CCC(C(=O)Nc3cc(C(F)(F)F)cc(C(F)(F)F)c3)CC2)cc1. The Morgan fingerprint density at radius 2 is 1.39 bits per heavy atom. The Bertz CT molecular complexity index is 1090. The number of anilines is 1. The summed E-state index contributed by atoms with van der Waals surface area (Å²) < 4.78 is 105. The van der Waals surface area contributed by atoms with Gasteiger partial charge < -0.3 is 5.32 Å². The largest absolute Gasteiger partial charge is 0.416 e. The lowest BCUT2D eigenvalue weighted by Crippen LogP contribution is -2.41. The fraction of sp³-hybridized carbons (Fsp3) is 0.381. The van der Waals surface area contributed by atoms with Crippen LogP contribution in [0.5, 0.6) is 0 Å². The number of rotatable bonds is 4. The van der Waals surface area contributed by atoms with Crippen LogP contribution in [0.25, 0.3) is 0 Å². The van der Waals surface area contributed by atoms with Crippen LogP contribution < -0.4 is 5.32 Å². The number of carbonyl (C=O) groups is 1. The van der Waals surface area contributed by atoms with Gasteiger partial charge in [0.25, 0.3) is 0 Å². The van der Waals surface area contributed by atoms with Gasteiger partial charge >= 0.3 is 12.4 Å². The number of aryl methyl sites for hydroxylation is 1. The van der Waals surface area contributed by atoms with Crippen molar-refractivity contribution >= 4 is 21.6 Å². The molecule has 1 aliphatic rings. The fourth-order valence-electron chi connectivity index (χ4n) is 3.49. The summed E-state index contributed by atoms with van der Waals surface area (Å²) in [4.78, 5) is 12.6. The van der Waals surface area contributed by atoms with Crippen molar-refractivity contribution in [1.82, 2.24) is 4.31 Å². The van der Waals surface area contributed by atoms with E-state index in [4.69, 9.17) is 0 Å². The molecule has 2 aromatic carbocycles. The quantitative estimate of drug-likeness (QED) is 0.604. The summed E-state index contributed by atoms with van der Waals surface area (Å²) in [6.45, 7) is 1.79. The Kier molecular flexibility index (Phi) is 6.81. The van der Waals surface area contributed by atoms with Crippen LogP contribution in [0.2, 0.25) is 0 Å². The number of sulfonamides is 1. The molecular weight excluding hydrogens is 474 g/mol. The molecule has 5 nitrogen and oxygen atoms in total. The highest BCUT2D eigenvalue weighted by atomic mass is 32.2. The molecule has 1 heterocycles. The molecule has 1 aliphatic heterocycles. The molecule has 180 valence electrons. The second-order valence-electron chi connectivity index (χ2n) is 7.78. The van der Waals surface area contributed by atoms with Gasteiger partial charge in [-0.1, -0.05) is 17.7 Å². The predicted molar refractivity (Wildman–Crippen MR) is 108 cm³/mol. The van der Waals surface area contributed by atoms with Gasteiger partial charge in [0.1, 0.15) is 0 Å². The third-order valence-electron chi connectivity index (χ3n) is 5.34. The van der Waals surface area contributed by atoms with Crippen LogP contribution in [0.3, 0.4) is 0 Å². The first-order chi connectivity index (χ1) is 15.2. The van der Waals surface area contributed by atoms with E-state index in [9.17, 15) is 39.6 Å². The van der Waals surface area contributed by atoms with Gasteiger partial charge in [0, 0.05) is 24.7 Å². The lowest BCUT2D eigenvalue weighted by atomic mass is 9.97. The van der Waals surface area contributed by atoms with Crippen LogP contribution in [0, 0.1) is 12.8 Å². The van der Waals surface area contributed by atoms with Crippen molar-refractivity contribution in [2.45, 2.75) is 37.0 Å². The Balaban J connectivity index is 1.71. The summed E-state index contributed by atoms with van der Waals surface area (Å²) >= 11 is 0. The summed E-state index contributed by atoms with van der Waals surface area (Å²) in [5.74, 6) is -1.53. The third-order valence-corrected chi connectivity index (χ3v) is 7.25. The Hall–Kier alpha value is -2.60. The second-order valence-corrected chi connectivity index (χ2v) is 9.71. The van der Waals surface area contributed by atoms with Gasteiger partial charge in [-0.25, -0.2) is 8.42 Å². The first kappa shape index (κ1) is 25.0. The first-order valence-electron chi connectivity index (χ1n) is 9.85. The van der Waals surface area contributed by atoms with Gasteiger partial charge in [0.05, 0.1) is 16.0 Å². The molecule has 0 aromatic heterocycles. The van der Waals surface area contributed by atoms with Gasteiger partial charge in [0.15, 0.2) is 0 Å². The number of hydrogen-bond donors (Lipinski definition) is 1. The van der Waals surface area contributed by atoms with E-state index < -0.39 is 51.0 Å². The number of amides is 1. The van der Waals surface area contributed by atoms with Crippen LogP contribution in [0.15, 0.2) is 47.4 Å². The van der Waals surface area contributed by atoms with Crippen molar-refractivity contribution in [1.29, 1.82) is 0 Å². The van der Waals surface area contributed by atoms with Gasteiger partial charge in [0.2, 0.25) is 15.9 Å². The Labute approximate surface area is 186 Å². The van der Waals surface area contributed by atoms with E-state index in [0.29, 0.717) is 12.1 Å². The molecule has 0 aliphatic carbocycles. The van der Waals surface area contributed by atoms with E-state index in [1.807, 2.05) is 6.92 Å². The van der Waals surface area contributed by atoms with E-state index in [2.05, 4.69) is 5.32 Å². The zero-order chi connectivity index (χ0) is 24.6. The molecule has 1 fully saturated rings. The van der Waals surface area contributed by atoms with E-state index >= 15 is 0 Å². The average molecular weight is 494 g/mol. The standard InChI is InChI=1S/C21H20F6N2O3S/c1-13-2-4-18(5-3-13)33(31,32)29-8-6-14(7-9-29)19(30)28-17-11-15(20(22,23)24)10-16(12-17)21(25,26)27/h2-5,10-12,14H,6-9H2,1H3,(H,28,30). The van der Waals surface area contributed by atoms with Crippen molar-refractivity contribution < 1.29 is 39.6 Å². The summed E-state index contributed by atoms with van der Waals surface area (Å²) in [6.07, 6.45) is -9.92. The maximum atomic E-state index is 13.0. The minimum absolute atomic E-state index is 0.00924. The predicted octanol–water partition coefficient (Wildman–Crippen LogP) is 5.07. The molecule has 12 heteroatoms. The van der Waals surface area contributed by atoms with E-state index in [1.54, 1.807) is 12.1 Å². The number of halogens is 6. The monoisotopic (exact) mass is 494 g/mol. The maximum Gasteiger partial charge on any atom is 0.416 e. The van der Waals surface area contributed by atoms with Crippen molar-refractivity contribution in [3.8, 4) is 0 Å². The van der Waals surface area contributed by atoms with Crippen molar-refractivity contribution in [3.63, 3.8) is 0 Å². The number of nitrogens with one attached hydrogen (secondary N) is 1. The number of benzene rings is 2. The topological polar surface area (TPSA) is 66.5 Å². The minimum Gasteiger partial charge on any atom is -0.326 e. The Morgan fingerprint density at radius 3 is 1.85 bits per heavy atom. The van der Waals surface area contributed by atoms with Crippen molar-refractivity contribution in [3.05, 3.63) is 59.2 Å². The average Bonchev–Trinajstić information content (AvgIpc) is 2.72. The summed E-state index contributed by atoms with van der Waals surface area (Å²) in [7, 11) is -3.78. The second kappa shape index (κ2) is 8.98. The van der Waals surface area contributed by atoms with Crippen LogP contribution in [0.1, 0.15) is 29.5 Å². The zero-order valence-electron chi connectivity index (χ0n) is 17.3. The smallest absolute Gasteiger partial charge is 0.326 e. The first-order valence-corrected chi connectivity index (χ1v) is 11.3. The highest BCUT2D eigenvalue weighted by Crippen LogP contribution is 2.37. The minimum atomic E-state index is -5.03. The molecular formula is C21H20F6N2O3S. The highest BCUT2D eigenvalue weighted by molar-refractivity contribution is 7.89. The van der Waals surface area contributed by atoms with Crippen molar-refractivity contribution in [2.24, 2.45) is 5.92 Å². The van der Waals surface area contributed by atoms with Gasteiger partial charge in [-0.15, -0.1) is 0 Å². The molecule has 0 bridgehead atoms. The molecule has 0 atom stereocenters. The van der Waals surface area contributed by atoms with Crippen LogP contribution in [-0.4, -0.2) is 31.7 Å². The van der Waals surface area contributed by atoms with Gasteiger partial charge in [-0.3, -0.25) is 4.79 Å². The molecule has 1 N–H and O–H groups in total. The van der Waals surface area contributed by atoms with E-state index in [1.165, 1.54) is 16.4 Å². The summed E-state index contributed by atoms with van der Waals surface area (Å²) in [5, 5.41) is 2.12. The molecule has 0 spiro atoms. The highest BCUT2D eigenvalue weighted by Gasteiger charge is 2.38. The third kappa shape index (κ3) is 5.85. The number of piperidine rings is 1. The fourth-order valence-corrected chi connectivity index (χ4v) is 4.96. The lowest BCUT2D eigenvalue weighted by Gasteiger charge is -2.30. The van der Waals surface area contributed by atoms with E-state index in [-0.39, 0.29) is 36.9 Å². The molecule has 33 heavy (non-hydrogen) atoms. The zero-order valence-corrected chi connectivity index (χ0v) is 18.1. The summed E-state index contributed by atoms with van der Waals surface area (Å²) in [5.41, 5.74) is -2.82. The van der Waals surface area contributed by atoms with Crippen LogP contribution in [-0.2, 0) is 27.2 Å².